The van der Waals surface area contributed by atoms with Gasteiger partial charge in [-0.05, 0) is 36.6 Å². The minimum Gasteiger partial charge on any atom is -0.383 e. The molecule has 0 spiro atoms. The summed E-state index contributed by atoms with van der Waals surface area (Å²) in [5.74, 6) is 4.75. The first-order valence-corrected chi connectivity index (χ1v) is 11.7. The molecule has 2 aromatic rings. The number of aromatic nitrogens is 1. The second kappa shape index (κ2) is 10.9. The van der Waals surface area contributed by atoms with E-state index >= 15 is 0 Å². The molecule has 1 aromatic carbocycles. The highest BCUT2D eigenvalue weighted by Gasteiger charge is 2.39. The van der Waals surface area contributed by atoms with Crippen LogP contribution in [0.15, 0.2) is 53.3 Å². The van der Waals surface area contributed by atoms with Crippen LogP contribution in [-0.4, -0.2) is 71.8 Å². The van der Waals surface area contributed by atoms with Gasteiger partial charge < -0.3 is 15.4 Å². The number of amides is 2. The number of hydrazine groups is 1. The van der Waals surface area contributed by atoms with Crippen LogP contribution in [0, 0.1) is 23.6 Å². The number of nitrogens with zero attached hydrogens (tertiary/aromatic N) is 4. The molecule has 3 N–H and O–H groups in total. The number of aliphatic imine (C=N–C) groups is 1. The lowest BCUT2D eigenvalue weighted by molar-refractivity contribution is -0.456. The zero-order valence-electron chi connectivity index (χ0n) is 20.3. The number of halogens is 2. The Morgan fingerprint density at radius 3 is 2.89 bits per heavy atom. The number of methoxy groups -OCH3 is 1. The summed E-state index contributed by atoms with van der Waals surface area (Å²) < 4.78 is 20.4. The van der Waals surface area contributed by atoms with Gasteiger partial charge in [-0.3, -0.25) is 14.6 Å². The normalized spacial score (nSPS) is 21.4. The third-order valence-electron chi connectivity index (χ3n) is 6.07. The number of ether oxygens (including phenoxy) is 1. The number of allylic oxidation sites excluding steroid dienone is 1. The number of likely N-dealkylation sites (tertiary alicyclic amines) is 1. The topological polar surface area (TPSA) is 113 Å². The molecule has 2 amide bonds. The number of nitrogens with one attached hydrogen (secondary N) is 1. The van der Waals surface area contributed by atoms with Gasteiger partial charge in [-0.25, -0.2) is 9.82 Å². The zero-order valence-corrected chi connectivity index (χ0v) is 21.1. The number of hydrogen-bond donors (Lipinski definition) is 2. The van der Waals surface area contributed by atoms with Crippen molar-refractivity contribution in [2.24, 2.45) is 16.6 Å². The van der Waals surface area contributed by atoms with Crippen molar-refractivity contribution < 1.29 is 23.4 Å². The molecule has 3 heterocycles. The van der Waals surface area contributed by atoms with E-state index in [0.717, 1.165) is 6.20 Å². The lowest BCUT2D eigenvalue weighted by Gasteiger charge is -2.22. The predicted molar refractivity (Wildman–Crippen MR) is 138 cm³/mol. The second-order valence-corrected chi connectivity index (χ2v) is 8.93. The first-order chi connectivity index (χ1) is 17.7. The molecule has 0 aliphatic carbocycles. The van der Waals surface area contributed by atoms with Crippen LogP contribution in [0.1, 0.15) is 12.0 Å². The van der Waals surface area contributed by atoms with E-state index in [1.807, 2.05) is 6.21 Å². The summed E-state index contributed by atoms with van der Waals surface area (Å²) in [6, 6.07) is 4.44. The van der Waals surface area contributed by atoms with Crippen LogP contribution in [-0.2, 0) is 14.3 Å². The Morgan fingerprint density at radius 2 is 2.22 bits per heavy atom. The van der Waals surface area contributed by atoms with E-state index in [-0.39, 0.29) is 29.1 Å². The first-order valence-electron chi connectivity index (χ1n) is 11.4. The zero-order chi connectivity index (χ0) is 26.7. The number of benzene rings is 1. The maximum Gasteiger partial charge on any atom is 0.356 e. The minimum absolute atomic E-state index is 0.0591. The number of pyridine rings is 1. The molecule has 1 aromatic heterocycles. The van der Waals surface area contributed by atoms with E-state index in [4.69, 9.17) is 22.1 Å². The molecule has 4 rings (SSSR count). The van der Waals surface area contributed by atoms with E-state index in [1.54, 1.807) is 28.8 Å². The number of carbonyl (C=O) groups excluding carboxylic acids is 2. The molecule has 11 heteroatoms. The number of amidine groups is 1. The molecular formula is C26H25ClFN6O3+. The van der Waals surface area contributed by atoms with Gasteiger partial charge in [0, 0.05) is 30.5 Å². The summed E-state index contributed by atoms with van der Waals surface area (Å²) in [6.45, 7) is 4.41. The second-order valence-electron chi connectivity index (χ2n) is 8.52. The lowest BCUT2D eigenvalue weighted by atomic mass is 10.1. The van der Waals surface area contributed by atoms with Gasteiger partial charge in [0.2, 0.25) is 5.91 Å². The first kappa shape index (κ1) is 26.0. The van der Waals surface area contributed by atoms with Gasteiger partial charge in [-0.15, -0.1) is 4.68 Å². The van der Waals surface area contributed by atoms with Gasteiger partial charge in [-0.1, -0.05) is 29.1 Å². The van der Waals surface area contributed by atoms with E-state index < -0.39 is 11.7 Å². The fourth-order valence-electron chi connectivity index (χ4n) is 4.47. The number of fused-ring (bicyclic) bond motifs is 1. The SMILES string of the molecule is C=CC(=O)N1CC(/C=[N+]2\NC(C#Cc3cc4ncc(F)cc4cc3Cl)=C(C(N)=O)C2=NC)C[C@@H]1COC. The van der Waals surface area contributed by atoms with E-state index in [1.165, 1.54) is 19.2 Å². The van der Waals surface area contributed by atoms with Crippen molar-refractivity contribution in [3.05, 3.63) is 64.7 Å². The number of rotatable bonds is 5. The molecule has 190 valence electrons. The van der Waals surface area contributed by atoms with Crippen molar-refractivity contribution in [1.29, 1.82) is 0 Å². The Balaban J connectivity index is 1.66. The summed E-state index contributed by atoms with van der Waals surface area (Å²) in [6.07, 6.45) is 4.89. The summed E-state index contributed by atoms with van der Waals surface area (Å²) >= 11 is 6.36. The molecule has 0 saturated carbocycles. The molecule has 0 radical (unpaired) electrons. The molecule has 0 bridgehead atoms. The molecule has 2 aliphatic heterocycles. The van der Waals surface area contributed by atoms with Gasteiger partial charge in [0.15, 0.2) is 5.57 Å². The van der Waals surface area contributed by atoms with Crippen LogP contribution in [0.4, 0.5) is 4.39 Å². The van der Waals surface area contributed by atoms with E-state index in [9.17, 15) is 14.0 Å². The van der Waals surface area contributed by atoms with Crippen molar-refractivity contribution in [2.75, 3.05) is 27.3 Å². The summed E-state index contributed by atoms with van der Waals surface area (Å²) in [5.41, 5.74) is 10.1. The smallest absolute Gasteiger partial charge is 0.356 e. The highest BCUT2D eigenvalue weighted by molar-refractivity contribution is 6.32. The van der Waals surface area contributed by atoms with Crippen molar-refractivity contribution in [1.82, 2.24) is 15.3 Å². The third-order valence-corrected chi connectivity index (χ3v) is 6.39. The molecule has 9 nitrogen and oxygen atoms in total. The van der Waals surface area contributed by atoms with Gasteiger partial charge in [-0.2, -0.15) is 0 Å². The van der Waals surface area contributed by atoms with Gasteiger partial charge in [0.05, 0.1) is 29.4 Å². The number of nitrogens with two attached hydrogens (primary N) is 1. The Bertz CT molecular complexity index is 1460. The van der Waals surface area contributed by atoms with E-state index in [0.29, 0.717) is 46.9 Å². The molecular weight excluding hydrogens is 499 g/mol. The van der Waals surface area contributed by atoms with Gasteiger partial charge in [0.1, 0.15) is 24.8 Å². The summed E-state index contributed by atoms with van der Waals surface area (Å²) in [7, 11) is 3.12. The average molecular weight is 524 g/mol. The summed E-state index contributed by atoms with van der Waals surface area (Å²) in [5, 5.41) is 0.849. The fourth-order valence-corrected chi connectivity index (χ4v) is 4.69. The van der Waals surface area contributed by atoms with Crippen molar-refractivity contribution >= 4 is 46.4 Å². The standard InChI is InChI=1S/C26H24ClFN6O3/c1-4-23(35)33-12-15(7-19(33)14-37-3)13-34-26(30-2)24(25(29)36)21(32-34)6-5-16-10-22-17(9-20(16)27)8-18(28)11-31-22/h4,8-11,13,15,19H,1,7,12,14H2,2-3H3,(H2-,29,30,32,36)/p+1/b34-13-/t15?,19-/m1/s1. The van der Waals surface area contributed by atoms with Crippen LogP contribution < -0.4 is 11.2 Å². The lowest BCUT2D eigenvalue weighted by Crippen LogP contribution is -2.37. The third kappa shape index (κ3) is 5.38. The molecule has 1 unspecified atom stereocenters. The Kier molecular flexibility index (Phi) is 7.66. The molecule has 2 atom stereocenters. The van der Waals surface area contributed by atoms with Crippen molar-refractivity contribution in [3.63, 3.8) is 0 Å². The fraction of sp³-hybridized carbons (Fsp3) is 0.269. The highest BCUT2D eigenvalue weighted by Crippen LogP contribution is 2.25. The highest BCUT2D eigenvalue weighted by atomic mass is 35.5. The van der Waals surface area contributed by atoms with Crippen LogP contribution in [0.3, 0.4) is 0 Å². The molecule has 1 fully saturated rings. The maximum atomic E-state index is 13.5. The molecule has 37 heavy (non-hydrogen) atoms. The number of hydrazone groups is 1. The quantitative estimate of drug-likeness (QED) is 0.352. The van der Waals surface area contributed by atoms with Crippen molar-refractivity contribution in [2.45, 2.75) is 12.5 Å². The average Bonchev–Trinajstić information content (AvgIpc) is 3.43. The molecule has 1 saturated heterocycles. The monoisotopic (exact) mass is 523 g/mol. The minimum atomic E-state index is -0.706. The van der Waals surface area contributed by atoms with Gasteiger partial charge >= 0.3 is 5.84 Å². The molecule has 2 aliphatic rings. The number of primary amides is 1. The largest absolute Gasteiger partial charge is 0.383 e. The number of hydrogen-bond acceptors (Lipinski definition) is 6. The Morgan fingerprint density at radius 1 is 1.43 bits per heavy atom. The van der Waals surface area contributed by atoms with E-state index in [2.05, 4.69) is 33.8 Å². The Labute approximate surface area is 218 Å². The van der Waals surface area contributed by atoms with Crippen LogP contribution in [0.2, 0.25) is 5.02 Å². The van der Waals surface area contributed by atoms with Crippen LogP contribution >= 0.6 is 11.6 Å². The summed E-state index contributed by atoms with van der Waals surface area (Å²) in [4.78, 5) is 34.7. The maximum absolute atomic E-state index is 13.5. The predicted octanol–water partition coefficient (Wildman–Crippen LogP) is 1.80. The Hall–Kier alpha value is -4.07. The number of carbonyl (C=O) groups is 2. The van der Waals surface area contributed by atoms with Crippen LogP contribution in [0.25, 0.3) is 10.9 Å². The van der Waals surface area contributed by atoms with Crippen molar-refractivity contribution in [3.8, 4) is 11.8 Å². The van der Waals surface area contributed by atoms with Crippen LogP contribution in [0.5, 0.6) is 0 Å². The van der Waals surface area contributed by atoms with Gasteiger partial charge in [0.25, 0.3) is 5.91 Å².